The van der Waals surface area contributed by atoms with Crippen molar-refractivity contribution in [2.24, 2.45) is 0 Å². The molecule has 1 aliphatic rings. The molecule has 0 aromatic heterocycles. The van der Waals surface area contributed by atoms with Crippen LogP contribution in [0.2, 0.25) is 5.02 Å². The minimum Gasteiger partial charge on any atom is -0.493 e. The van der Waals surface area contributed by atoms with E-state index in [0.717, 1.165) is 31.6 Å². The van der Waals surface area contributed by atoms with Crippen LogP contribution in [0.15, 0.2) is 12.1 Å². The number of halogens is 1. The maximum Gasteiger partial charge on any atom is 0.162 e. The van der Waals surface area contributed by atoms with E-state index in [-0.39, 0.29) is 5.60 Å². The van der Waals surface area contributed by atoms with Crippen LogP contribution in [-0.2, 0) is 4.74 Å². The van der Waals surface area contributed by atoms with Crippen LogP contribution in [-0.4, -0.2) is 32.5 Å². The lowest BCUT2D eigenvalue weighted by molar-refractivity contribution is -0.0708. The van der Waals surface area contributed by atoms with Crippen molar-refractivity contribution in [2.45, 2.75) is 44.8 Å². The Balaban J connectivity index is 2.15. The van der Waals surface area contributed by atoms with Crippen LogP contribution in [0.1, 0.15) is 33.1 Å². The summed E-state index contributed by atoms with van der Waals surface area (Å²) in [7, 11) is 3.23. The standard InChI is InChI=1S/C16H24ClNO3/c1-5-16(2)10-11(6-7-21-16)18-13-9-15(20-4)14(19-3)8-12(13)17/h8-9,11,18H,5-7,10H2,1-4H3. The highest BCUT2D eigenvalue weighted by Crippen LogP contribution is 2.38. The third-order valence-electron chi connectivity index (χ3n) is 4.18. The number of hydrogen-bond acceptors (Lipinski definition) is 4. The van der Waals surface area contributed by atoms with E-state index in [1.54, 1.807) is 20.3 Å². The smallest absolute Gasteiger partial charge is 0.162 e. The van der Waals surface area contributed by atoms with E-state index in [9.17, 15) is 0 Å². The molecule has 0 radical (unpaired) electrons. The Kier molecular flexibility index (Phi) is 5.22. The van der Waals surface area contributed by atoms with Crippen LogP contribution in [0.5, 0.6) is 11.5 Å². The molecule has 5 heteroatoms. The summed E-state index contributed by atoms with van der Waals surface area (Å²) in [4.78, 5) is 0. The van der Waals surface area contributed by atoms with Gasteiger partial charge in [0.1, 0.15) is 0 Å². The molecular weight excluding hydrogens is 290 g/mol. The van der Waals surface area contributed by atoms with Gasteiger partial charge in [0.05, 0.1) is 30.5 Å². The van der Waals surface area contributed by atoms with E-state index in [2.05, 4.69) is 19.2 Å². The van der Waals surface area contributed by atoms with Gasteiger partial charge in [-0.25, -0.2) is 0 Å². The molecule has 1 N–H and O–H groups in total. The highest BCUT2D eigenvalue weighted by Gasteiger charge is 2.31. The predicted octanol–water partition coefficient (Wildman–Crippen LogP) is 4.12. The number of anilines is 1. The number of rotatable bonds is 5. The van der Waals surface area contributed by atoms with Gasteiger partial charge in [0, 0.05) is 24.8 Å². The molecule has 1 aromatic carbocycles. The number of nitrogens with one attached hydrogen (secondary N) is 1. The monoisotopic (exact) mass is 313 g/mol. The van der Waals surface area contributed by atoms with Crippen LogP contribution < -0.4 is 14.8 Å². The lowest BCUT2D eigenvalue weighted by Gasteiger charge is -2.38. The van der Waals surface area contributed by atoms with Gasteiger partial charge in [-0.3, -0.25) is 0 Å². The van der Waals surface area contributed by atoms with Crippen molar-refractivity contribution in [3.8, 4) is 11.5 Å². The topological polar surface area (TPSA) is 39.7 Å². The fourth-order valence-electron chi connectivity index (χ4n) is 2.68. The highest BCUT2D eigenvalue weighted by atomic mass is 35.5. The molecule has 1 saturated heterocycles. The molecule has 0 amide bonds. The quantitative estimate of drug-likeness (QED) is 0.887. The second-order valence-corrected chi connectivity index (χ2v) is 6.08. The third-order valence-corrected chi connectivity index (χ3v) is 4.49. The minimum atomic E-state index is -0.0566. The molecule has 1 aliphatic heterocycles. The molecule has 0 spiro atoms. The lowest BCUT2D eigenvalue weighted by atomic mass is 9.90. The molecule has 118 valence electrons. The van der Waals surface area contributed by atoms with Gasteiger partial charge in [-0.05, 0) is 26.2 Å². The second kappa shape index (κ2) is 6.75. The molecular formula is C16H24ClNO3. The summed E-state index contributed by atoms with van der Waals surface area (Å²) in [6.07, 6.45) is 2.94. The Morgan fingerprint density at radius 3 is 2.62 bits per heavy atom. The van der Waals surface area contributed by atoms with Crippen molar-refractivity contribution in [3.05, 3.63) is 17.2 Å². The average Bonchev–Trinajstić information content (AvgIpc) is 2.49. The van der Waals surface area contributed by atoms with Crippen molar-refractivity contribution in [1.29, 1.82) is 0 Å². The lowest BCUT2D eigenvalue weighted by Crippen LogP contribution is -2.41. The molecule has 1 aromatic rings. The number of methoxy groups -OCH3 is 2. The first-order valence-electron chi connectivity index (χ1n) is 7.33. The summed E-state index contributed by atoms with van der Waals surface area (Å²) in [5.41, 5.74) is 0.818. The van der Waals surface area contributed by atoms with Crippen LogP contribution in [0.3, 0.4) is 0 Å². The Bertz CT molecular complexity index is 495. The molecule has 0 aliphatic carbocycles. The van der Waals surface area contributed by atoms with Crippen LogP contribution >= 0.6 is 11.6 Å². The molecule has 2 atom stereocenters. The van der Waals surface area contributed by atoms with Gasteiger partial charge in [0.15, 0.2) is 11.5 Å². The summed E-state index contributed by atoms with van der Waals surface area (Å²) < 4.78 is 16.5. The summed E-state index contributed by atoms with van der Waals surface area (Å²) in [5.74, 6) is 1.31. The van der Waals surface area contributed by atoms with Crippen molar-refractivity contribution in [2.75, 3.05) is 26.1 Å². The Labute approximate surface area is 131 Å². The molecule has 1 heterocycles. The Hall–Kier alpha value is -1.13. The van der Waals surface area contributed by atoms with Gasteiger partial charge in [-0.15, -0.1) is 0 Å². The van der Waals surface area contributed by atoms with Crippen LogP contribution in [0.4, 0.5) is 5.69 Å². The van der Waals surface area contributed by atoms with Gasteiger partial charge < -0.3 is 19.5 Å². The number of ether oxygens (including phenoxy) is 3. The Morgan fingerprint density at radius 1 is 1.33 bits per heavy atom. The van der Waals surface area contributed by atoms with E-state index < -0.39 is 0 Å². The van der Waals surface area contributed by atoms with E-state index in [1.807, 2.05) is 6.07 Å². The largest absolute Gasteiger partial charge is 0.493 e. The highest BCUT2D eigenvalue weighted by molar-refractivity contribution is 6.33. The summed E-state index contributed by atoms with van der Waals surface area (Å²) >= 11 is 6.33. The normalized spacial score (nSPS) is 25.5. The fraction of sp³-hybridized carbons (Fsp3) is 0.625. The SMILES string of the molecule is CCC1(C)CC(Nc2cc(OC)c(OC)cc2Cl)CCO1. The van der Waals surface area contributed by atoms with Crippen molar-refractivity contribution < 1.29 is 14.2 Å². The zero-order chi connectivity index (χ0) is 15.5. The van der Waals surface area contributed by atoms with Gasteiger partial charge >= 0.3 is 0 Å². The van der Waals surface area contributed by atoms with E-state index in [4.69, 9.17) is 25.8 Å². The summed E-state index contributed by atoms with van der Waals surface area (Å²) in [5, 5.41) is 4.15. The average molecular weight is 314 g/mol. The fourth-order valence-corrected chi connectivity index (χ4v) is 2.89. The van der Waals surface area contributed by atoms with Crippen molar-refractivity contribution >= 4 is 17.3 Å². The summed E-state index contributed by atoms with van der Waals surface area (Å²) in [6, 6.07) is 4.01. The van der Waals surface area contributed by atoms with Gasteiger partial charge in [0.25, 0.3) is 0 Å². The molecule has 1 fully saturated rings. The molecule has 2 rings (SSSR count). The van der Waals surface area contributed by atoms with E-state index >= 15 is 0 Å². The second-order valence-electron chi connectivity index (χ2n) is 5.67. The van der Waals surface area contributed by atoms with E-state index in [0.29, 0.717) is 22.6 Å². The molecule has 4 nitrogen and oxygen atoms in total. The number of benzene rings is 1. The van der Waals surface area contributed by atoms with Gasteiger partial charge in [-0.2, -0.15) is 0 Å². The zero-order valence-electron chi connectivity index (χ0n) is 13.2. The molecule has 0 bridgehead atoms. The van der Waals surface area contributed by atoms with E-state index in [1.165, 1.54) is 0 Å². The third kappa shape index (κ3) is 3.74. The minimum absolute atomic E-state index is 0.0566. The van der Waals surface area contributed by atoms with Crippen molar-refractivity contribution in [3.63, 3.8) is 0 Å². The first-order valence-corrected chi connectivity index (χ1v) is 7.71. The van der Waals surface area contributed by atoms with Crippen LogP contribution in [0, 0.1) is 0 Å². The molecule has 0 saturated carbocycles. The van der Waals surface area contributed by atoms with Gasteiger partial charge in [-0.1, -0.05) is 18.5 Å². The number of hydrogen-bond donors (Lipinski definition) is 1. The maximum absolute atomic E-state index is 6.33. The Morgan fingerprint density at radius 2 is 2.00 bits per heavy atom. The summed E-state index contributed by atoms with van der Waals surface area (Å²) in [6.45, 7) is 5.09. The zero-order valence-corrected chi connectivity index (χ0v) is 13.9. The first kappa shape index (κ1) is 16.2. The van der Waals surface area contributed by atoms with Crippen LogP contribution in [0.25, 0.3) is 0 Å². The predicted molar refractivity (Wildman–Crippen MR) is 85.8 cm³/mol. The van der Waals surface area contributed by atoms with Crippen molar-refractivity contribution in [1.82, 2.24) is 0 Å². The first-order chi connectivity index (χ1) is 10.0. The van der Waals surface area contributed by atoms with Gasteiger partial charge in [0.2, 0.25) is 0 Å². The molecule has 2 unspecified atom stereocenters. The molecule has 21 heavy (non-hydrogen) atoms. The maximum atomic E-state index is 6.33.